The molecule has 0 saturated carbocycles. The van der Waals surface area contributed by atoms with Gasteiger partial charge in [-0.05, 0) is 24.6 Å². The van der Waals surface area contributed by atoms with E-state index < -0.39 is 0 Å². The van der Waals surface area contributed by atoms with Crippen LogP contribution >= 0.6 is 0 Å². The van der Waals surface area contributed by atoms with E-state index in [0.29, 0.717) is 6.54 Å². The van der Waals surface area contributed by atoms with Gasteiger partial charge < -0.3 is 15.8 Å². The first-order valence-electron chi connectivity index (χ1n) is 6.95. The Kier molecular flexibility index (Phi) is 5.59. The van der Waals surface area contributed by atoms with Crippen LogP contribution in [0.25, 0.3) is 0 Å². The van der Waals surface area contributed by atoms with Crippen molar-refractivity contribution in [3.63, 3.8) is 0 Å². The van der Waals surface area contributed by atoms with Crippen molar-refractivity contribution in [2.45, 2.75) is 19.0 Å². The maximum atomic E-state index is 5.73. The minimum atomic E-state index is 0.270. The molecule has 0 amide bonds. The van der Waals surface area contributed by atoms with E-state index >= 15 is 0 Å². The van der Waals surface area contributed by atoms with Gasteiger partial charge in [-0.25, -0.2) is 0 Å². The third-order valence-corrected chi connectivity index (χ3v) is 3.39. The Morgan fingerprint density at radius 1 is 1.05 bits per heavy atom. The molecule has 3 nitrogen and oxygen atoms in total. The Balaban J connectivity index is 2.06. The number of benzene rings is 2. The summed E-state index contributed by atoms with van der Waals surface area (Å²) in [5, 5.41) is 3.57. The van der Waals surface area contributed by atoms with Crippen LogP contribution in [0.3, 0.4) is 0 Å². The lowest BCUT2D eigenvalue weighted by Gasteiger charge is -2.19. The normalized spacial score (nSPS) is 12.1. The van der Waals surface area contributed by atoms with E-state index in [1.165, 1.54) is 5.56 Å². The van der Waals surface area contributed by atoms with Crippen LogP contribution in [0.4, 0.5) is 0 Å². The molecule has 0 radical (unpaired) electrons. The third kappa shape index (κ3) is 3.83. The van der Waals surface area contributed by atoms with Crippen LogP contribution in [0.15, 0.2) is 54.6 Å². The van der Waals surface area contributed by atoms with Crippen LogP contribution in [0, 0.1) is 0 Å². The molecule has 0 fully saturated rings. The van der Waals surface area contributed by atoms with Crippen molar-refractivity contribution in [2.24, 2.45) is 5.73 Å². The van der Waals surface area contributed by atoms with Crippen LogP contribution in [-0.4, -0.2) is 13.7 Å². The number of nitrogens with two attached hydrogens (primary N) is 1. The quantitative estimate of drug-likeness (QED) is 0.813. The van der Waals surface area contributed by atoms with E-state index in [1.54, 1.807) is 7.11 Å². The topological polar surface area (TPSA) is 47.3 Å². The van der Waals surface area contributed by atoms with Crippen molar-refractivity contribution in [3.8, 4) is 5.75 Å². The van der Waals surface area contributed by atoms with Crippen LogP contribution in [-0.2, 0) is 6.54 Å². The van der Waals surface area contributed by atoms with Crippen molar-refractivity contribution < 1.29 is 4.74 Å². The van der Waals surface area contributed by atoms with Crippen molar-refractivity contribution >= 4 is 0 Å². The minimum Gasteiger partial charge on any atom is -0.496 e. The zero-order valence-corrected chi connectivity index (χ0v) is 11.9. The molecule has 3 N–H and O–H groups in total. The number of nitrogens with one attached hydrogen (secondary N) is 1. The van der Waals surface area contributed by atoms with Crippen LogP contribution in [0.5, 0.6) is 5.75 Å². The Labute approximate surface area is 120 Å². The Morgan fingerprint density at radius 2 is 1.75 bits per heavy atom. The first-order valence-corrected chi connectivity index (χ1v) is 6.95. The number of para-hydroxylation sites is 1. The van der Waals surface area contributed by atoms with E-state index in [4.69, 9.17) is 10.5 Å². The highest BCUT2D eigenvalue weighted by Crippen LogP contribution is 2.20. The predicted molar refractivity (Wildman–Crippen MR) is 82.7 cm³/mol. The SMILES string of the molecule is COc1ccccc1CNC(CCN)c1ccccc1. The number of rotatable bonds is 7. The summed E-state index contributed by atoms with van der Waals surface area (Å²) in [5.41, 5.74) is 8.16. The van der Waals surface area contributed by atoms with Crippen molar-refractivity contribution in [1.29, 1.82) is 0 Å². The van der Waals surface area contributed by atoms with Crippen LogP contribution < -0.4 is 15.8 Å². The lowest BCUT2D eigenvalue weighted by atomic mass is 10.0. The van der Waals surface area contributed by atoms with Crippen molar-refractivity contribution in [3.05, 3.63) is 65.7 Å². The maximum absolute atomic E-state index is 5.73. The molecule has 0 heterocycles. The predicted octanol–water partition coefficient (Wildman–Crippen LogP) is 2.87. The molecule has 20 heavy (non-hydrogen) atoms. The largest absolute Gasteiger partial charge is 0.496 e. The first-order chi connectivity index (χ1) is 9.85. The molecule has 0 aromatic heterocycles. The standard InChI is InChI=1S/C17H22N2O/c1-20-17-10-6-5-9-15(17)13-19-16(11-12-18)14-7-3-2-4-8-14/h2-10,16,19H,11-13,18H2,1H3. The summed E-state index contributed by atoms with van der Waals surface area (Å²) in [6.45, 7) is 1.43. The smallest absolute Gasteiger partial charge is 0.123 e. The van der Waals surface area contributed by atoms with E-state index in [-0.39, 0.29) is 6.04 Å². The number of hydrogen-bond donors (Lipinski definition) is 2. The lowest BCUT2D eigenvalue weighted by molar-refractivity contribution is 0.404. The van der Waals surface area contributed by atoms with Gasteiger partial charge in [-0.1, -0.05) is 48.5 Å². The van der Waals surface area contributed by atoms with Crippen molar-refractivity contribution in [1.82, 2.24) is 5.32 Å². The fourth-order valence-corrected chi connectivity index (χ4v) is 2.32. The molecule has 1 atom stereocenters. The van der Waals surface area contributed by atoms with Gasteiger partial charge in [0.05, 0.1) is 7.11 Å². The molecular formula is C17H22N2O. The zero-order chi connectivity index (χ0) is 14.2. The number of methoxy groups -OCH3 is 1. The highest BCUT2D eigenvalue weighted by molar-refractivity contribution is 5.33. The third-order valence-electron chi connectivity index (χ3n) is 3.39. The molecule has 2 rings (SSSR count). The molecule has 2 aromatic carbocycles. The number of ether oxygens (including phenoxy) is 1. The average Bonchev–Trinajstić information content (AvgIpc) is 2.52. The number of hydrogen-bond acceptors (Lipinski definition) is 3. The summed E-state index contributed by atoms with van der Waals surface area (Å²) in [6, 6.07) is 18.8. The van der Waals surface area contributed by atoms with Crippen molar-refractivity contribution in [2.75, 3.05) is 13.7 Å². The second kappa shape index (κ2) is 7.68. The second-order valence-electron chi connectivity index (χ2n) is 4.73. The summed E-state index contributed by atoms with van der Waals surface area (Å²) < 4.78 is 5.38. The van der Waals surface area contributed by atoms with Gasteiger partial charge in [0.1, 0.15) is 5.75 Å². The van der Waals surface area contributed by atoms with Crippen LogP contribution in [0.1, 0.15) is 23.6 Å². The summed E-state index contributed by atoms with van der Waals surface area (Å²) >= 11 is 0. The Bertz CT molecular complexity index is 513. The molecule has 0 aliphatic carbocycles. The Morgan fingerprint density at radius 3 is 2.45 bits per heavy atom. The average molecular weight is 270 g/mol. The summed E-state index contributed by atoms with van der Waals surface area (Å²) in [6.07, 6.45) is 0.916. The molecule has 106 valence electrons. The first kappa shape index (κ1) is 14.6. The van der Waals surface area contributed by atoms with Gasteiger partial charge in [-0.2, -0.15) is 0 Å². The summed E-state index contributed by atoms with van der Waals surface area (Å²) in [5.74, 6) is 0.916. The zero-order valence-electron chi connectivity index (χ0n) is 11.9. The van der Waals surface area contributed by atoms with Gasteiger partial charge >= 0.3 is 0 Å². The fraction of sp³-hybridized carbons (Fsp3) is 0.294. The molecule has 0 bridgehead atoms. The van der Waals surface area contributed by atoms with Gasteiger partial charge in [0.15, 0.2) is 0 Å². The summed E-state index contributed by atoms with van der Waals surface area (Å²) in [7, 11) is 1.70. The molecule has 2 aromatic rings. The minimum absolute atomic E-state index is 0.270. The van der Waals surface area contributed by atoms with Crippen LogP contribution in [0.2, 0.25) is 0 Å². The molecule has 1 unspecified atom stereocenters. The van der Waals surface area contributed by atoms with Gasteiger partial charge in [-0.15, -0.1) is 0 Å². The fourth-order valence-electron chi connectivity index (χ4n) is 2.32. The molecule has 0 saturated heterocycles. The monoisotopic (exact) mass is 270 g/mol. The van der Waals surface area contributed by atoms with E-state index in [2.05, 4.69) is 35.6 Å². The van der Waals surface area contributed by atoms with E-state index in [9.17, 15) is 0 Å². The molecule has 0 aliphatic rings. The van der Waals surface area contributed by atoms with Gasteiger partial charge in [0.2, 0.25) is 0 Å². The highest BCUT2D eigenvalue weighted by atomic mass is 16.5. The highest BCUT2D eigenvalue weighted by Gasteiger charge is 2.10. The lowest BCUT2D eigenvalue weighted by Crippen LogP contribution is -2.23. The van der Waals surface area contributed by atoms with Gasteiger partial charge in [-0.3, -0.25) is 0 Å². The van der Waals surface area contributed by atoms with Gasteiger partial charge in [0, 0.05) is 18.2 Å². The maximum Gasteiger partial charge on any atom is 0.123 e. The van der Waals surface area contributed by atoms with Gasteiger partial charge in [0.25, 0.3) is 0 Å². The molecular weight excluding hydrogens is 248 g/mol. The molecule has 0 aliphatic heterocycles. The summed E-state index contributed by atoms with van der Waals surface area (Å²) in [4.78, 5) is 0. The second-order valence-corrected chi connectivity index (χ2v) is 4.73. The van der Waals surface area contributed by atoms with E-state index in [1.807, 2.05) is 24.3 Å². The molecule has 0 spiro atoms. The Hall–Kier alpha value is -1.84. The molecule has 3 heteroatoms. The van der Waals surface area contributed by atoms with E-state index in [0.717, 1.165) is 24.3 Å².